The van der Waals surface area contributed by atoms with E-state index >= 15 is 0 Å². The molecule has 0 spiro atoms. The van der Waals surface area contributed by atoms with E-state index in [9.17, 15) is 4.39 Å². The minimum absolute atomic E-state index is 0.115. The van der Waals surface area contributed by atoms with Crippen LogP contribution in [0, 0.1) is 11.7 Å². The van der Waals surface area contributed by atoms with E-state index in [1.54, 1.807) is 0 Å². The van der Waals surface area contributed by atoms with E-state index < -0.39 is 0 Å². The first-order valence-corrected chi connectivity index (χ1v) is 6.66. The van der Waals surface area contributed by atoms with Crippen molar-refractivity contribution in [2.75, 3.05) is 13.7 Å². The van der Waals surface area contributed by atoms with E-state index in [4.69, 9.17) is 4.74 Å². The van der Waals surface area contributed by atoms with Crippen LogP contribution >= 0.6 is 15.9 Å². The summed E-state index contributed by atoms with van der Waals surface area (Å²) < 4.78 is 19.5. The number of likely N-dealkylation sites (N-methyl/N-ethyl adjacent to an activating group) is 1. The summed E-state index contributed by atoms with van der Waals surface area (Å²) in [6.07, 6.45) is 1.25. The highest BCUT2D eigenvalue weighted by molar-refractivity contribution is 9.10. The Morgan fingerprint density at radius 2 is 2.29 bits per heavy atom. The third-order valence-electron chi connectivity index (χ3n) is 3.39. The van der Waals surface area contributed by atoms with E-state index in [0.29, 0.717) is 10.4 Å². The second-order valence-corrected chi connectivity index (χ2v) is 5.40. The molecule has 1 fully saturated rings. The molecule has 0 aromatic heterocycles. The Labute approximate surface area is 110 Å². The molecule has 1 saturated heterocycles. The third-order valence-corrected chi connectivity index (χ3v) is 3.99. The molecule has 1 aliphatic heterocycles. The van der Waals surface area contributed by atoms with Crippen molar-refractivity contribution in [3.05, 3.63) is 34.1 Å². The van der Waals surface area contributed by atoms with Gasteiger partial charge in [-0.05, 0) is 53.0 Å². The first-order valence-electron chi connectivity index (χ1n) is 5.87. The molecule has 1 aromatic rings. The molecule has 0 bridgehead atoms. The van der Waals surface area contributed by atoms with Gasteiger partial charge in [-0.2, -0.15) is 0 Å². The van der Waals surface area contributed by atoms with Crippen LogP contribution in [0.15, 0.2) is 22.7 Å². The van der Waals surface area contributed by atoms with Gasteiger partial charge in [0.15, 0.2) is 0 Å². The lowest BCUT2D eigenvalue weighted by Crippen LogP contribution is -2.32. The summed E-state index contributed by atoms with van der Waals surface area (Å²) in [5.74, 6) is 0.292. The van der Waals surface area contributed by atoms with Gasteiger partial charge in [-0.3, -0.25) is 0 Å². The number of nitrogens with one attached hydrogen (secondary N) is 1. The summed E-state index contributed by atoms with van der Waals surface area (Å²) in [4.78, 5) is 0. The molecule has 1 aromatic carbocycles. The maximum Gasteiger partial charge on any atom is 0.137 e. The van der Waals surface area contributed by atoms with Gasteiger partial charge in [0.2, 0.25) is 0 Å². The van der Waals surface area contributed by atoms with Crippen molar-refractivity contribution in [2.24, 2.45) is 5.92 Å². The van der Waals surface area contributed by atoms with Crippen LogP contribution in [0.2, 0.25) is 0 Å². The van der Waals surface area contributed by atoms with Crippen LogP contribution < -0.4 is 5.32 Å². The predicted molar refractivity (Wildman–Crippen MR) is 69.4 cm³/mol. The van der Waals surface area contributed by atoms with Gasteiger partial charge in [0.1, 0.15) is 5.82 Å². The first kappa shape index (κ1) is 13.0. The van der Waals surface area contributed by atoms with E-state index in [0.717, 1.165) is 18.6 Å². The lowest BCUT2D eigenvalue weighted by Gasteiger charge is -2.26. The summed E-state index contributed by atoms with van der Waals surface area (Å²) in [6.45, 7) is 3.01. The van der Waals surface area contributed by atoms with Gasteiger partial charge in [-0.1, -0.05) is 13.0 Å². The van der Waals surface area contributed by atoms with E-state index in [1.165, 1.54) is 6.07 Å². The van der Waals surface area contributed by atoms with Gasteiger partial charge in [0, 0.05) is 6.61 Å². The Hall–Kier alpha value is -0.450. The van der Waals surface area contributed by atoms with Crippen LogP contribution in [-0.2, 0) is 4.74 Å². The van der Waals surface area contributed by atoms with Gasteiger partial charge < -0.3 is 10.1 Å². The highest BCUT2D eigenvalue weighted by Gasteiger charge is 2.32. The molecule has 0 saturated carbocycles. The Morgan fingerprint density at radius 3 is 2.82 bits per heavy atom. The van der Waals surface area contributed by atoms with Crippen LogP contribution in [-0.4, -0.2) is 19.8 Å². The quantitative estimate of drug-likeness (QED) is 0.925. The molecule has 2 rings (SSSR count). The van der Waals surface area contributed by atoms with Crippen LogP contribution in [0.25, 0.3) is 0 Å². The fourth-order valence-electron chi connectivity index (χ4n) is 2.37. The zero-order valence-corrected chi connectivity index (χ0v) is 11.6. The number of hydrogen-bond acceptors (Lipinski definition) is 2. The topological polar surface area (TPSA) is 21.3 Å². The Kier molecular flexibility index (Phi) is 4.17. The van der Waals surface area contributed by atoms with Crippen LogP contribution in [0.5, 0.6) is 0 Å². The molecule has 0 radical (unpaired) electrons. The van der Waals surface area contributed by atoms with Crippen LogP contribution in [0.4, 0.5) is 4.39 Å². The zero-order valence-electron chi connectivity index (χ0n) is 10.0. The molecule has 0 amide bonds. The predicted octanol–water partition coefficient (Wildman–Crippen LogP) is 3.27. The van der Waals surface area contributed by atoms with Crippen LogP contribution in [0.3, 0.4) is 0 Å². The van der Waals surface area contributed by atoms with E-state index in [1.807, 2.05) is 19.2 Å². The molecule has 94 valence electrons. The maximum atomic E-state index is 13.2. The van der Waals surface area contributed by atoms with Crippen molar-refractivity contribution in [2.45, 2.75) is 25.5 Å². The molecule has 3 unspecified atom stereocenters. The lowest BCUT2D eigenvalue weighted by molar-refractivity contribution is 0.0631. The number of ether oxygens (including phenoxy) is 1. The Bertz CT molecular complexity index is 399. The smallest absolute Gasteiger partial charge is 0.137 e. The highest BCUT2D eigenvalue weighted by atomic mass is 79.9. The standard InChI is InChI=1S/C13H17BrFNO/c1-8-5-6-17-13(8)12(16-2)9-3-4-11(15)10(14)7-9/h3-4,7-8,12-13,16H,5-6H2,1-2H3. The summed E-state index contributed by atoms with van der Waals surface area (Å²) in [5, 5.41) is 3.27. The zero-order chi connectivity index (χ0) is 12.4. The van der Waals surface area contributed by atoms with Crippen molar-refractivity contribution in [3.63, 3.8) is 0 Å². The minimum atomic E-state index is -0.232. The molecule has 0 aliphatic carbocycles. The highest BCUT2D eigenvalue weighted by Crippen LogP contribution is 2.32. The number of halogens is 2. The monoisotopic (exact) mass is 301 g/mol. The number of benzene rings is 1. The normalized spacial score (nSPS) is 26.1. The summed E-state index contributed by atoms with van der Waals surface area (Å²) >= 11 is 3.22. The van der Waals surface area contributed by atoms with Crippen molar-refractivity contribution >= 4 is 15.9 Å². The van der Waals surface area contributed by atoms with Crippen molar-refractivity contribution < 1.29 is 9.13 Å². The molecule has 2 nitrogen and oxygen atoms in total. The fourth-order valence-corrected chi connectivity index (χ4v) is 2.77. The number of rotatable bonds is 3. The Morgan fingerprint density at radius 1 is 1.53 bits per heavy atom. The van der Waals surface area contributed by atoms with Gasteiger partial charge >= 0.3 is 0 Å². The molecule has 3 atom stereocenters. The average molecular weight is 302 g/mol. The lowest BCUT2D eigenvalue weighted by atomic mass is 9.92. The van der Waals surface area contributed by atoms with Gasteiger partial charge in [-0.25, -0.2) is 4.39 Å². The molecular weight excluding hydrogens is 285 g/mol. The van der Waals surface area contributed by atoms with Crippen molar-refractivity contribution in [3.8, 4) is 0 Å². The minimum Gasteiger partial charge on any atom is -0.376 e. The van der Waals surface area contributed by atoms with Crippen molar-refractivity contribution in [1.29, 1.82) is 0 Å². The second kappa shape index (κ2) is 5.46. The molecular formula is C13H17BrFNO. The molecule has 1 N–H and O–H groups in total. The fraction of sp³-hybridized carbons (Fsp3) is 0.538. The van der Waals surface area contributed by atoms with E-state index in [-0.39, 0.29) is 18.0 Å². The van der Waals surface area contributed by atoms with Crippen molar-refractivity contribution in [1.82, 2.24) is 5.32 Å². The first-order chi connectivity index (χ1) is 8.13. The SMILES string of the molecule is CNC(c1ccc(F)c(Br)c1)C1OCCC1C. The largest absolute Gasteiger partial charge is 0.376 e. The molecule has 1 heterocycles. The summed E-state index contributed by atoms with van der Waals surface area (Å²) in [5.41, 5.74) is 1.06. The van der Waals surface area contributed by atoms with E-state index in [2.05, 4.69) is 28.2 Å². The summed E-state index contributed by atoms with van der Waals surface area (Å²) in [7, 11) is 1.91. The van der Waals surface area contributed by atoms with Gasteiger partial charge in [0.05, 0.1) is 16.6 Å². The average Bonchev–Trinajstić information content (AvgIpc) is 2.71. The maximum absolute atomic E-state index is 13.2. The molecule has 4 heteroatoms. The molecule has 1 aliphatic rings. The summed E-state index contributed by atoms with van der Waals surface area (Å²) in [6, 6.07) is 5.24. The molecule has 17 heavy (non-hydrogen) atoms. The van der Waals surface area contributed by atoms with Gasteiger partial charge in [0.25, 0.3) is 0 Å². The van der Waals surface area contributed by atoms with Gasteiger partial charge in [-0.15, -0.1) is 0 Å². The third kappa shape index (κ3) is 2.69. The Balaban J connectivity index is 2.25. The van der Waals surface area contributed by atoms with Crippen LogP contribution in [0.1, 0.15) is 24.9 Å². The number of hydrogen-bond donors (Lipinski definition) is 1. The second-order valence-electron chi connectivity index (χ2n) is 4.54.